The van der Waals surface area contributed by atoms with Crippen LogP contribution in [0.2, 0.25) is 0 Å². The Morgan fingerprint density at radius 3 is 2.71 bits per heavy atom. The summed E-state index contributed by atoms with van der Waals surface area (Å²) in [5.41, 5.74) is 5.59. The van der Waals surface area contributed by atoms with E-state index >= 15 is 0 Å². The van der Waals surface area contributed by atoms with Gasteiger partial charge in [0.2, 0.25) is 11.8 Å². The number of hydrogen-bond donors (Lipinski definition) is 1. The molecule has 17 heavy (non-hydrogen) atoms. The third-order valence-corrected chi connectivity index (χ3v) is 2.42. The van der Waals surface area contributed by atoms with Crippen molar-refractivity contribution in [2.45, 2.75) is 20.0 Å². The number of nitrogens with zero attached hydrogens (tertiary/aromatic N) is 3. The Morgan fingerprint density at radius 2 is 2.12 bits per heavy atom. The number of aromatic nitrogens is 3. The number of nitrogen functional groups attached to an aromatic ring is 1. The van der Waals surface area contributed by atoms with Gasteiger partial charge in [0.1, 0.15) is 0 Å². The Kier molecular flexibility index (Phi) is 3.28. The molecule has 6 nitrogen and oxygen atoms in total. The largest absolute Gasteiger partial charge is 0.461 e. The van der Waals surface area contributed by atoms with Gasteiger partial charge in [0.25, 0.3) is 0 Å². The molecule has 2 rings (SSSR count). The standard InChI is InChI=1S/C10H11BrN4O2/c1-5(2)17-10-14-8(13-9(12)15-10)7-6(11)3-4-16-7/h3-5H,1-2H3,(H2,12,13,14,15). The Morgan fingerprint density at radius 1 is 1.35 bits per heavy atom. The molecule has 2 aromatic rings. The molecule has 0 fully saturated rings. The fourth-order valence-electron chi connectivity index (χ4n) is 1.19. The molecule has 0 saturated carbocycles. The summed E-state index contributed by atoms with van der Waals surface area (Å²) in [6, 6.07) is 1.93. The van der Waals surface area contributed by atoms with Crippen LogP contribution in [0.3, 0.4) is 0 Å². The summed E-state index contributed by atoms with van der Waals surface area (Å²) in [4.78, 5) is 12.0. The number of nitrogens with two attached hydrogens (primary N) is 1. The van der Waals surface area contributed by atoms with E-state index in [1.165, 1.54) is 6.26 Å². The van der Waals surface area contributed by atoms with Crippen molar-refractivity contribution in [3.63, 3.8) is 0 Å². The van der Waals surface area contributed by atoms with Gasteiger partial charge in [-0.1, -0.05) is 0 Å². The highest BCUT2D eigenvalue weighted by Gasteiger charge is 2.14. The van der Waals surface area contributed by atoms with Gasteiger partial charge in [-0.3, -0.25) is 0 Å². The van der Waals surface area contributed by atoms with E-state index in [9.17, 15) is 0 Å². The first kappa shape index (κ1) is 11.8. The third kappa shape index (κ3) is 2.73. The summed E-state index contributed by atoms with van der Waals surface area (Å²) >= 11 is 3.33. The van der Waals surface area contributed by atoms with Crippen LogP contribution in [-0.4, -0.2) is 21.1 Å². The monoisotopic (exact) mass is 298 g/mol. The van der Waals surface area contributed by atoms with Crippen molar-refractivity contribution in [2.75, 3.05) is 5.73 Å². The van der Waals surface area contributed by atoms with E-state index in [0.29, 0.717) is 11.6 Å². The molecule has 0 aliphatic carbocycles. The molecule has 0 saturated heterocycles. The average molecular weight is 299 g/mol. The Labute approximate surface area is 106 Å². The molecule has 0 aromatic carbocycles. The number of ether oxygens (including phenoxy) is 1. The van der Waals surface area contributed by atoms with Gasteiger partial charge in [0, 0.05) is 0 Å². The SMILES string of the molecule is CC(C)Oc1nc(N)nc(-c2occc2Br)n1. The van der Waals surface area contributed by atoms with E-state index in [0.717, 1.165) is 4.47 Å². The molecule has 0 bridgehead atoms. The van der Waals surface area contributed by atoms with Crippen LogP contribution in [0.4, 0.5) is 5.95 Å². The van der Waals surface area contributed by atoms with Crippen molar-refractivity contribution in [2.24, 2.45) is 0 Å². The lowest BCUT2D eigenvalue weighted by Gasteiger charge is -2.08. The highest BCUT2D eigenvalue weighted by atomic mass is 79.9. The predicted molar refractivity (Wildman–Crippen MR) is 65.4 cm³/mol. The van der Waals surface area contributed by atoms with Gasteiger partial charge in [-0.05, 0) is 35.8 Å². The molecule has 0 amide bonds. The fraction of sp³-hybridized carbons (Fsp3) is 0.300. The smallest absolute Gasteiger partial charge is 0.322 e. The number of anilines is 1. The van der Waals surface area contributed by atoms with Crippen LogP contribution in [0.15, 0.2) is 21.2 Å². The lowest BCUT2D eigenvalue weighted by Crippen LogP contribution is -2.11. The molecule has 0 radical (unpaired) electrons. The molecule has 2 aromatic heterocycles. The Bertz CT molecular complexity index is 527. The maximum absolute atomic E-state index is 5.59. The first-order valence-electron chi connectivity index (χ1n) is 4.98. The van der Waals surface area contributed by atoms with Crippen LogP contribution in [-0.2, 0) is 0 Å². The Hall–Kier alpha value is -1.63. The lowest BCUT2D eigenvalue weighted by molar-refractivity contribution is 0.222. The average Bonchev–Trinajstić information content (AvgIpc) is 2.62. The van der Waals surface area contributed by atoms with Crippen molar-refractivity contribution < 1.29 is 9.15 Å². The van der Waals surface area contributed by atoms with E-state index in [1.807, 2.05) is 13.8 Å². The topological polar surface area (TPSA) is 87.1 Å². The highest BCUT2D eigenvalue weighted by molar-refractivity contribution is 9.10. The van der Waals surface area contributed by atoms with Crippen molar-refractivity contribution in [1.29, 1.82) is 0 Å². The van der Waals surface area contributed by atoms with E-state index in [2.05, 4.69) is 30.9 Å². The summed E-state index contributed by atoms with van der Waals surface area (Å²) in [7, 11) is 0. The second-order valence-corrected chi connectivity index (χ2v) is 4.42. The van der Waals surface area contributed by atoms with Crippen LogP contribution >= 0.6 is 15.9 Å². The second kappa shape index (κ2) is 4.70. The minimum absolute atomic E-state index is 0.0373. The van der Waals surface area contributed by atoms with Crippen LogP contribution in [0.1, 0.15) is 13.8 Å². The summed E-state index contributed by atoms with van der Waals surface area (Å²) in [6.07, 6.45) is 1.49. The zero-order valence-corrected chi connectivity index (χ0v) is 10.9. The third-order valence-electron chi connectivity index (χ3n) is 1.79. The fourth-order valence-corrected chi connectivity index (χ4v) is 1.57. The minimum Gasteiger partial charge on any atom is -0.461 e. The maximum atomic E-state index is 5.59. The van der Waals surface area contributed by atoms with Crippen LogP contribution < -0.4 is 10.5 Å². The molecule has 0 spiro atoms. The van der Waals surface area contributed by atoms with Crippen molar-refractivity contribution in [1.82, 2.24) is 15.0 Å². The molecule has 0 unspecified atom stereocenters. The molecular formula is C10H11BrN4O2. The zero-order chi connectivity index (χ0) is 12.4. The number of rotatable bonds is 3. The summed E-state index contributed by atoms with van der Waals surface area (Å²) in [5, 5.41) is 0. The van der Waals surface area contributed by atoms with Gasteiger partial charge in [0.05, 0.1) is 16.8 Å². The predicted octanol–water partition coefficient (Wildman–Crippen LogP) is 2.26. The number of furan rings is 1. The van der Waals surface area contributed by atoms with Crippen molar-refractivity contribution >= 4 is 21.9 Å². The van der Waals surface area contributed by atoms with Crippen LogP contribution in [0.25, 0.3) is 11.6 Å². The van der Waals surface area contributed by atoms with Crippen LogP contribution in [0.5, 0.6) is 6.01 Å². The summed E-state index contributed by atoms with van der Waals surface area (Å²) in [5.74, 6) is 0.923. The first-order chi connectivity index (χ1) is 8.06. The summed E-state index contributed by atoms with van der Waals surface area (Å²) in [6.45, 7) is 3.75. The van der Waals surface area contributed by atoms with Gasteiger partial charge in [-0.15, -0.1) is 0 Å². The molecule has 90 valence electrons. The van der Waals surface area contributed by atoms with E-state index in [4.69, 9.17) is 14.9 Å². The van der Waals surface area contributed by atoms with Crippen molar-refractivity contribution in [3.05, 3.63) is 16.8 Å². The molecular weight excluding hydrogens is 288 g/mol. The zero-order valence-electron chi connectivity index (χ0n) is 9.35. The molecule has 0 aliphatic rings. The van der Waals surface area contributed by atoms with E-state index in [-0.39, 0.29) is 18.1 Å². The second-order valence-electron chi connectivity index (χ2n) is 3.56. The number of halogens is 1. The maximum Gasteiger partial charge on any atom is 0.322 e. The summed E-state index contributed by atoms with van der Waals surface area (Å²) < 4.78 is 11.4. The Balaban J connectivity index is 2.42. The number of hydrogen-bond acceptors (Lipinski definition) is 6. The normalized spacial score (nSPS) is 10.8. The molecule has 2 N–H and O–H groups in total. The van der Waals surface area contributed by atoms with E-state index in [1.54, 1.807) is 6.07 Å². The van der Waals surface area contributed by atoms with Gasteiger partial charge in [0.15, 0.2) is 5.76 Å². The molecule has 0 atom stereocenters. The first-order valence-corrected chi connectivity index (χ1v) is 5.77. The molecule has 7 heteroatoms. The lowest BCUT2D eigenvalue weighted by atomic mass is 10.4. The van der Waals surface area contributed by atoms with Gasteiger partial charge in [-0.2, -0.15) is 15.0 Å². The highest BCUT2D eigenvalue weighted by Crippen LogP contribution is 2.27. The van der Waals surface area contributed by atoms with Gasteiger partial charge in [-0.25, -0.2) is 0 Å². The molecule has 2 heterocycles. The van der Waals surface area contributed by atoms with Crippen LogP contribution in [0, 0.1) is 0 Å². The van der Waals surface area contributed by atoms with Gasteiger partial charge >= 0.3 is 6.01 Å². The van der Waals surface area contributed by atoms with Gasteiger partial charge < -0.3 is 14.9 Å². The van der Waals surface area contributed by atoms with Crippen molar-refractivity contribution in [3.8, 4) is 17.6 Å². The minimum atomic E-state index is -0.0373. The van der Waals surface area contributed by atoms with E-state index < -0.39 is 0 Å². The molecule has 0 aliphatic heterocycles. The quantitative estimate of drug-likeness (QED) is 0.935.